The molecule has 0 aliphatic carbocycles. The standard InChI is InChI=1S/C11H6Br2N2O3/c12-7-1-2-11(14-6-7)18-10-4-8(13)3-9(5-10)15(16)17/h1-6H. The molecule has 0 fully saturated rings. The molecule has 7 heteroatoms. The van der Waals surface area contributed by atoms with Gasteiger partial charge in [-0.1, -0.05) is 15.9 Å². The molecule has 1 aromatic carbocycles. The molecule has 0 bridgehead atoms. The number of aromatic nitrogens is 1. The van der Waals surface area contributed by atoms with Crippen molar-refractivity contribution in [3.63, 3.8) is 0 Å². The number of hydrogen-bond donors (Lipinski definition) is 0. The zero-order chi connectivity index (χ0) is 13.1. The normalized spacial score (nSPS) is 10.1. The Kier molecular flexibility index (Phi) is 3.93. The zero-order valence-corrected chi connectivity index (χ0v) is 12.0. The van der Waals surface area contributed by atoms with Crippen LogP contribution in [0.2, 0.25) is 0 Å². The number of benzene rings is 1. The lowest BCUT2D eigenvalue weighted by atomic mass is 10.3. The van der Waals surface area contributed by atoms with Crippen LogP contribution in [0.1, 0.15) is 0 Å². The summed E-state index contributed by atoms with van der Waals surface area (Å²) in [7, 11) is 0. The molecule has 18 heavy (non-hydrogen) atoms. The molecule has 0 atom stereocenters. The van der Waals surface area contributed by atoms with E-state index in [1.54, 1.807) is 24.4 Å². The van der Waals surface area contributed by atoms with E-state index in [4.69, 9.17) is 4.74 Å². The van der Waals surface area contributed by atoms with Crippen LogP contribution in [0, 0.1) is 10.1 Å². The average Bonchev–Trinajstić information content (AvgIpc) is 2.31. The molecule has 0 N–H and O–H groups in total. The quantitative estimate of drug-likeness (QED) is 0.594. The monoisotopic (exact) mass is 372 g/mol. The van der Waals surface area contributed by atoms with Crippen molar-refractivity contribution >= 4 is 37.5 Å². The van der Waals surface area contributed by atoms with Gasteiger partial charge in [-0.3, -0.25) is 10.1 Å². The molecule has 0 amide bonds. The van der Waals surface area contributed by atoms with Gasteiger partial charge in [0.05, 0.1) is 11.0 Å². The molecule has 92 valence electrons. The van der Waals surface area contributed by atoms with Crippen molar-refractivity contribution in [1.82, 2.24) is 4.98 Å². The third-order valence-electron chi connectivity index (χ3n) is 1.99. The maximum absolute atomic E-state index is 10.7. The Hall–Kier alpha value is -1.47. The highest BCUT2D eigenvalue weighted by Gasteiger charge is 2.10. The van der Waals surface area contributed by atoms with Crippen molar-refractivity contribution < 1.29 is 9.66 Å². The van der Waals surface area contributed by atoms with Gasteiger partial charge in [-0.25, -0.2) is 4.98 Å². The third kappa shape index (κ3) is 3.27. The minimum Gasteiger partial charge on any atom is -0.439 e. The molecular formula is C11H6Br2N2O3. The van der Waals surface area contributed by atoms with Crippen LogP contribution in [0.25, 0.3) is 0 Å². The second kappa shape index (κ2) is 5.45. The van der Waals surface area contributed by atoms with E-state index >= 15 is 0 Å². The highest BCUT2D eigenvalue weighted by molar-refractivity contribution is 9.10. The van der Waals surface area contributed by atoms with Gasteiger partial charge in [0.25, 0.3) is 5.69 Å². The molecule has 2 aromatic rings. The predicted octanol–water partition coefficient (Wildman–Crippen LogP) is 4.31. The number of nitrogens with zero attached hydrogens (tertiary/aromatic N) is 2. The van der Waals surface area contributed by atoms with Crippen molar-refractivity contribution in [3.8, 4) is 11.6 Å². The lowest BCUT2D eigenvalue weighted by Gasteiger charge is -2.05. The Morgan fingerprint density at radius 1 is 1.17 bits per heavy atom. The number of pyridine rings is 1. The molecule has 1 aromatic heterocycles. The molecule has 0 spiro atoms. The summed E-state index contributed by atoms with van der Waals surface area (Å²) in [5.41, 5.74) is -0.0449. The van der Waals surface area contributed by atoms with E-state index in [0.717, 1.165) is 4.47 Å². The van der Waals surface area contributed by atoms with Crippen molar-refractivity contribution in [2.75, 3.05) is 0 Å². The van der Waals surface area contributed by atoms with Crippen LogP contribution < -0.4 is 4.74 Å². The van der Waals surface area contributed by atoms with Gasteiger partial charge < -0.3 is 4.74 Å². The second-order valence-electron chi connectivity index (χ2n) is 3.32. The van der Waals surface area contributed by atoms with Crippen molar-refractivity contribution in [2.24, 2.45) is 0 Å². The van der Waals surface area contributed by atoms with Gasteiger partial charge >= 0.3 is 0 Å². The number of halogens is 2. The first-order valence-corrected chi connectivity index (χ1v) is 6.37. The average molecular weight is 374 g/mol. The number of hydrogen-bond acceptors (Lipinski definition) is 4. The van der Waals surface area contributed by atoms with Crippen molar-refractivity contribution in [1.29, 1.82) is 0 Å². The molecule has 2 rings (SSSR count). The number of ether oxygens (including phenoxy) is 1. The molecule has 0 saturated carbocycles. The minimum atomic E-state index is -0.480. The van der Waals surface area contributed by atoms with Crippen LogP contribution in [0.5, 0.6) is 11.6 Å². The van der Waals surface area contributed by atoms with Crippen LogP contribution in [0.3, 0.4) is 0 Å². The minimum absolute atomic E-state index is 0.0449. The Morgan fingerprint density at radius 2 is 1.94 bits per heavy atom. The first-order chi connectivity index (χ1) is 8.54. The topological polar surface area (TPSA) is 65.3 Å². The van der Waals surface area contributed by atoms with Crippen LogP contribution in [0.15, 0.2) is 45.5 Å². The number of nitro groups is 1. The number of nitro benzene ring substituents is 1. The van der Waals surface area contributed by atoms with E-state index in [1.807, 2.05) is 0 Å². The van der Waals surface area contributed by atoms with E-state index in [2.05, 4.69) is 36.8 Å². The van der Waals surface area contributed by atoms with Gasteiger partial charge in [0.2, 0.25) is 5.88 Å². The highest BCUT2D eigenvalue weighted by atomic mass is 79.9. The fourth-order valence-corrected chi connectivity index (χ4v) is 1.95. The Balaban J connectivity index is 2.28. The van der Waals surface area contributed by atoms with E-state index in [-0.39, 0.29) is 5.69 Å². The molecule has 0 unspecified atom stereocenters. The largest absolute Gasteiger partial charge is 0.439 e. The van der Waals surface area contributed by atoms with Crippen LogP contribution in [-0.4, -0.2) is 9.91 Å². The molecule has 5 nitrogen and oxygen atoms in total. The summed E-state index contributed by atoms with van der Waals surface area (Å²) in [5.74, 6) is 0.719. The van der Waals surface area contributed by atoms with Gasteiger partial charge in [0, 0.05) is 27.3 Å². The maximum Gasteiger partial charge on any atom is 0.274 e. The van der Waals surface area contributed by atoms with Gasteiger partial charge in [0.15, 0.2) is 0 Å². The van der Waals surface area contributed by atoms with Crippen LogP contribution in [-0.2, 0) is 0 Å². The van der Waals surface area contributed by atoms with Gasteiger partial charge in [-0.15, -0.1) is 0 Å². The van der Waals surface area contributed by atoms with E-state index < -0.39 is 4.92 Å². The Labute approximate surface area is 119 Å². The van der Waals surface area contributed by atoms with Gasteiger partial charge in [-0.2, -0.15) is 0 Å². The first-order valence-electron chi connectivity index (χ1n) is 4.79. The summed E-state index contributed by atoms with van der Waals surface area (Å²) in [5, 5.41) is 10.7. The molecule has 0 radical (unpaired) electrons. The summed E-state index contributed by atoms with van der Waals surface area (Å²) in [4.78, 5) is 14.3. The molecule has 0 aliphatic rings. The number of rotatable bonds is 3. The summed E-state index contributed by atoms with van der Waals surface area (Å²) in [6.45, 7) is 0. The molecule has 0 saturated heterocycles. The van der Waals surface area contributed by atoms with E-state index in [9.17, 15) is 10.1 Å². The van der Waals surface area contributed by atoms with E-state index in [1.165, 1.54) is 12.1 Å². The third-order valence-corrected chi connectivity index (χ3v) is 2.92. The van der Waals surface area contributed by atoms with Crippen LogP contribution in [0.4, 0.5) is 5.69 Å². The highest BCUT2D eigenvalue weighted by Crippen LogP contribution is 2.29. The lowest BCUT2D eigenvalue weighted by molar-refractivity contribution is -0.385. The summed E-state index contributed by atoms with van der Waals surface area (Å²) in [6, 6.07) is 7.82. The number of non-ortho nitro benzene ring substituents is 1. The van der Waals surface area contributed by atoms with Crippen molar-refractivity contribution in [3.05, 3.63) is 55.6 Å². The fourth-order valence-electron chi connectivity index (χ4n) is 1.26. The SMILES string of the molecule is O=[N+]([O-])c1cc(Br)cc(Oc2ccc(Br)cn2)c1. The predicted molar refractivity (Wildman–Crippen MR) is 72.8 cm³/mol. The summed E-state index contributed by atoms with van der Waals surface area (Å²) < 4.78 is 6.84. The molecule has 0 aliphatic heterocycles. The smallest absolute Gasteiger partial charge is 0.274 e. The lowest BCUT2D eigenvalue weighted by Crippen LogP contribution is -1.91. The summed E-state index contributed by atoms with van der Waals surface area (Å²) >= 11 is 6.45. The molecule has 1 heterocycles. The Morgan fingerprint density at radius 3 is 2.56 bits per heavy atom. The molecular weight excluding hydrogens is 368 g/mol. The van der Waals surface area contributed by atoms with E-state index in [0.29, 0.717) is 16.1 Å². The maximum atomic E-state index is 10.7. The first kappa shape index (κ1) is 13.0. The zero-order valence-electron chi connectivity index (χ0n) is 8.84. The Bertz CT molecular complexity index is 587. The van der Waals surface area contributed by atoms with Crippen molar-refractivity contribution in [2.45, 2.75) is 0 Å². The summed E-state index contributed by atoms with van der Waals surface area (Å²) in [6.07, 6.45) is 1.59. The van der Waals surface area contributed by atoms with Gasteiger partial charge in [-0.05, 0) is 28.1 Å². The second-order valence-corrected chi connectivity index (χ2v) is 5.15. The van der Waals surface area contributed by atoms with Crippen LogP contribution >= 0.6 is 31.9 Å². The fraction of sp³-hybridized carbons (Fsp3) is 0. The van der Waals surface area contributed by atoms with Gasteiger partial charge in [0.1, 0.15) is 5.75 Å².